The molecule has 1 aromatic carbocycles. The van der Waals surface area contributed by atoms with Crippen LogP contribution >= 0.6 is 22.9 Å². The van der Waals surface area contributed by atoms with E-state index in [0.29, 0.717) is 0 Å². The van der Waals surface area contributed by atoms with Gasteiger partial charge in [-0.25, -0.2) is 12.8 Å². The molecule has 9 heteroatoms. The number of benzene rings is 1. The molecular weight excluding hydrogens is 353 g/mol. The van der Waals surface area contributed by atoms with Gasteiger partial charge >= 0.3 is 5.97 Å². The molecule has 2 aromatic rings. The SMILES string of the molecule is COC(=O)CN(c1ccc(F)c(Cl)c1)S(=O)(=O)c1cccs1. The molecule has 0 aliphatic heterocycles. The first-order valence-corrected chi connectivity index (χ1v) is 8.64. The Labute approximate surface area is 135 Å². The number of nitrogens with zero attached hydrogens (tertiary/aromatic N) is 1. The second kappa shape index (κ2) is 6.64. The maximum absolute atomic E-state index is 13.3. The molecule has 0 aliphatic carbocycles. The highest BCUT2D eigenvalue weighted by molar-refractivity contribution is 7.94. The van der Waals surface area contributed by atoms with E-state index in [1.165, 1.54) is 12.1 Å². The molecule has 0 saturated carbocycles. The lowest BCUT2D eigenvalue weighted by Gasteiger charge is -2.22. The molecule has 0 spiro atoms. The molecule has 1 aromatic heterocycles. The number of carbonyl (C=O) groups is 1. The number of esters is 1. The van der Waals surface area contributed by atoms with Gasteiger partial charge < -0.3 is 4.74 Å². The number of ether oxygens (including phenoxy) is 1. The van der Waals surface area contributed by atoms with Crippen molar-refractivity contribution in [3.8, 4) is 0 Å². The number of halogens is 2. The molecule has 0 N–H and O–H groups in total. The molecule has 0 fully saturated rings. The van der Waals surface area contributed by atoms with Crippen molar-refractivity contribution in [3.63, 3.8) is 0 Å². The van der Waals surface area contributed by atoms with E-state index in [1.807, 2.05) is 0 Å². The highest BCUT2D eigenvalue weighted by Gasteiger charge is 2.28. The third kappa shape index (κ3) is 3.40. The Morgan fingerprint density at radius 3 is 2.68 bits per heavy atom. The predicted molar refractivity (Wildman–Crippen MR) is 82.3 cm³/mol. The predicted octanol–water partition coefficient (Wildman–Crippen LogP) is 2.91. The van der Waals surface area contributed by atoms with Crippen LogP contribution in [-0.4, -0.2) is 28.0 Å². The Bertz CT molecular complexity index is 777. The van der Waals surface area contributed by atoms with Crippen LogP contribution in [0.3, 0.4) is 0 Å². The number of carbonyl (C=O) groups excluding carboxylic acids is 1. The summed E-state index contributed by atoms with van der Waals surface area (Å²) in [4.78, 5) is 11.5. The minimum absolute atomic E-state index is 0.0526. The molecule has 1 heterocycles. The van der Waals surface area contributed by atoms with Gasteiger partial charge in [-0.15, -0.1) is 11.3 Å². The van der Waals surface area contributed by atoms with Gasteiger partial charge in [0, 0.05) is 0 Å². The lowest BCUT2D eigenvalue weighted by atomic mass is 10.3. The molecule has 0 bridgehead atoms. The Hall–Kier alpha value is -1.64. The van der Waals surface area contributed by atoms with Crippen molar-refractivity contribution in [2.24, 2.45) is 0 Å². The van der Waals surface area contributed by atoms with Gasteiger partial charge in [0.15, 0.2) is 0 Å². The second-order valence-electron chi connectivity index (χ2n) is 4.12. The van der Waals surface area contributed by atoms with E-state index in [4.69, 9.17) is 11.6 Å². The number of thiophene rings is 1. The van der Waals surface area contributed by atoms with E-state index < -0.39 is 28.4 Å². The van der Waals surface area contributed by atoms with E-state index >= 15 is 0 Å². The number of anilines is 1. The minimum Gasteiger partial charge on any atom is -0.468 e. The summed E-state index contributed by atoms with van der Waals surface area (Å²) in [5.41, 5.74) is 0.0743. The summed E-state index contributed by atoms with van der Waals surface area (Å²) in [5.74, 6) is -1.43. The molecule has 0 atom stereocenters. The lowest BCUT2D eigenvalue weighted by molar-refractivity contribution is -0.138. The van der Waals surface area contributed by atoms with Gasteiger partial charge in [0.2, 0.25) is 0 Å². The van der Waals surface area contributed by atoms with Crippen LogP contribution in [0.2, 0.25) is 5.02 Å². The average Bonchev–Trinajstić information content (AvgIpc) is 3.02. The van der Waals surface area contributed by atoms with Crippen LogP contribution in [0.5, 0.6) is 0 Å². The lowest BCUT2D eigenvalue weighted by Crippen LogP contribution is -2.36. The van der Waals surface area contributed by atoms with E-state index in [-0.39, 0.29) is 14.9 Å². The number of rotatable bonds is 5. The van der Waals surface area contributed by atoms with Crippen LogP contribution in [0.15, 0.2) is 39.9 Å². The Morgan fingerprint density at radius 1 is 1.41 bits per heavy atom. The quantitative estimate of drug-likeness (QED) is 0.766. The topological polar surface area (TPSA) is 63.7 Å². The molecule has 2 rings (SSSR count). The van der Waals surface area contributed by atoms with Crippen LogP contribution in [0.1, 0.15) is 0 Å². The zero-order chi connectivity index (χ0) is 16.3. The molecular formula is C13H11ClFNO4S2. The van der Waals surface area contributed by atoms with Crippen LogP contribution in [0.4, 0.5) is 10.1 Å². The van der Waals surface area contributed by atoms with Crippen LogP contribution < -0.4 is 4.31 Å². The van der Waals surface area contributed by atoms with Crippen LogP contribution in [-0.2, 0) is 19.6 Å². The van der Waals surface area contributed by atoms with Crippen LogP contribution in [0, 0.1) is 5.82 Å². The minimum atomic E-state index is -3.98. The fourth-order valence-corrected chi connectivity index (χ4v) is 4.34. The molecule has 0 unspecified atom stereocenters. The molecule has 0 saturated heterocycles. The van der Waals surface area contributed by atoms with E-state index in [0.717, 1.165) is 34.9 Å². The Kier molecular flexibility index (Phi) is 5.05. The molecule has 118 valence electrons. The molecule has 0 amide bonds. The van der Waals surface area contributed by atoms with Crippen molar-refractivity contribution in [1.82, 2.24) is 0 Å². The van der Waals surface area contributed by atoms with Gasteiger partial charge in [-0.1, -0.05) is 17.7 Å². The molecule has 22 heavy (non-hydrogen) atoms. The van der Waals surface area contributed by atoms with Gasteiger partial charge in [0.25, 0.3) is 10.0 Å². The van der Waals surface area contributed by atoms with E-state index in [2.05, 4.69) is 4.74 Å². The highest BCUT2D eigenvalue weighted by Crippen LogP contribution is 2.29. The van der Waals surface area contributed by atoms with Crippen molar-refractivity contribution >= 4 is 44.6 Å². The van der Waals surface area contributed by atoms with Gasteiger partial charge in [-0.3, -0.25) is 9.10 Å². The Balaban J connectivity index is 2.51. The summed E-state index contributed by atoms with van der Waals surface area (Å²) in [7, 11) is -2.83. The molecule has 5 nitrogen and oxygen atoms in total. The zero-order valence-corrected chi connectivity index (χ0v) is 13.7. The first-order valence-electron chi connectivity index (χ1n) is 5.94. The monoisotopic (exact) mass is 363 g/mol. The summed E-state index contributed by atoms with van der Waals surface area (Å²) in [5, 5.41) is 1.36. The third-order valence-corrected chi connectivity index (χ3v) is 6.17. The van der Waals surface area contributed by atoms with Gasteiger partial charge in [0.05, 0.1) is 17.8 Å². The maximum atomic E-state index is 13.3. The Morgan fingerprint density at radius 2 is 2.14 bits per heavy atom. The summed E-state index contributed by atoms with van der Waals surface area (Å²) in [6, 6.07) is 6.40. The fraction of sp³-hybridized carbons (Fsp3) is 0.154. The average molecular weight is 364 g/mol. The molecule has 0 radical (unpaired) electrons. The van der Waals surface area contributed by atoms with E-state index in [1.54, 1.807) is 11.4 Å². The largest absolute Gasteiger partial charge is 0.468 e. The standard InChI is InChI=1S/C13H11ClFNO4S2/c1-20-12(17)8-16(9-4-5-11(15)10(14)7-9)22(18,19)13-3-2-6-21-13/h2-7H,8H2,1H3. The first-order chi connectivity index (χ1) is 10.4. The smallest absolute Gasteiger partial charge is 0.326 e. The highest BCUT2D eigenvalue weighted by atomic mass is 35.5. The van der Waals surface area contributed by atoms with E-state index in [9.17, 15) is 17.6 Å². The normalized spacial score (nSPS) is 11.2. The second-order valence-corrected chi connectivity index (χ2v) is 7.56. The van der Waals surface area contributed by atoms with Gasteiger partial charge in [0.1, 0.15) is 16.6 Å². The summed E-state index contributed by atoms with van der Waals surface area (Å²) >= 11 is 6.70. The number of methoxy groups -OCH3 is 1. The van der Waals surface area contributed by atoms with Crippen LogP contribution in [0.25, 0.3) is 0 Å². The van der Waals surface area contributed by atoms with Gasteiger partial charge in [-0.2, -0.15) is 0 Å². The van der Waals surface area contributed by atoms with Crippen molar-refractivity contribution in [2.45, 2.75) is 4.21 Å². The van der Waals surface area contributed by atoms with Crippen molar-refractivity contribution < 1.29 is 22.3 Å². The van der Waals surface area contributed by atoms with Gasteiger partial charge in [-0.05, 0) is 29.6 Å². The number of hydrogen-bond acceptors (Lipinski definition) is 5. The summed E-state index contributed by atoms with van der Waals surface area (Å²) < 4.78 is 43.9. The third-order valence-electron chi connectivity index (χ3n) is 2.73. The van der Waals surface area contributed by atoms with Crippen molar-refractivity contribution in [2.75, 3.05) is 18.0 Å². The number of sulfonamides is 1. The summed E-state index contributed by atoms with van der Waals surface area (Å²) in [6.45, 7) is -0.543. The number of hydrogen-bond donors (Lipinski definition) is 0. The van der Waals surface area contributed by atoms with Crippen molar-refractivity contribution in [1.29, 1.82) is 0 Å². The maximum Gasteiger partial charge on any atom is 0.326 e. The first kappa shape index (κ1) is 16.7. The molecule has 0 aliphatic rings. The summed E-state index contributed by atoms with van der Waals surface area (Å²) in [6.07, 6.45) is 0. The fourth-order valence-electron chi connectivity index (χ4n) is 1.66. The zero-order valence-electron chi connectivity index (χ0n) is 11.3. The van der Waals surface area contributed by atoms with Crippen molar-refractivity contribution in [3.05, 3.63) is 46.6 Å².